The predicted octanol–water partition coefficient (Wildman–Crippen LogP) is 6.92. The summed E-state index contributed by atoms with van der Waals surface area (Å²) in [7, 11) is 0. The van der Waals surface area contributed by atoms with Gasteiger partial charge in [-0.3, -0.25) is 4.57 Å². The Balaban J connectivity index is 1.74. The lowest BCUT2D eigenvalue weighted by atomic mass is 10.1. The molecule has 0 spiro atoms. The van der Waals surface area contributed by atoms with E-state index >= 15 is 0 Å². The van der Waals surface area contributed by atoms with Crippen LogP contribution in [0.1, 0.15) is 18.5 Å². The average molecular weight is 438 g/mol. The molecule has 1 aromatic heterocycles. The molecule has 2 N–H and O–H groups in total. The summed E-state index contributed by atoms with van der Waals surface area (Å²) in [5.41, 5.74) is 3.59. The van der Waals surface area contributed by atoms with E-state index < -0.39 is 6.36 Å². The zero-order valence-electron chi connectivity index (χ0n) is 17.2. The summed E-state index contributed by atoms with van der Waals surface area (Å²) in [5, 5.41) is 14.4. The normalized spacial score (nSPS) is 12.4. The maximum Gasteiger partial charge on any atom is 0.573 e. The van der Waals surface area contributed by atoms with Gasteiger partial charge in [-0.15, -0.1) is 13.2 Å². The van der Waals surface area contributed by atoms with Crippen molar-refractivity contribution in [2.24, 2.45) is 0 Å². The Labute approximate surface area is 183 Å². The van der Waals surface area contributed by atoms with Crippen LogP contribution in [0.3, 0.4) is 0 Å². The number of alkyl halides is 3. The standard InChI is InChI=1S/C25H21F3N2O2/c1-17(18-8-4-2-5-9-18)29-22-16-23(19-10-6-3-7-11-19)30(24(22)31)20-12-14-21(15-13-20)32-25(26,27)28/h2-17,29,31H,1H3/t17-/m1/s1. The van der Waals surface area contributed by atoms with Crippen molar-refractivity contribution in [2.75, 3.05) is 5.32 Å². The van der Waals surface area contributed by atoms with E-state index in [-0.39, 0.29) is 17.7 Å². The van der Waals surface area contributed by atoms with Crippen molar-refractivity contribution in [1.82, 2.24) is 4.57 Å². The van der Waals surface area contributed by atoms with Crippen molar-refractivity contribution in [1.29, 1.82) is 0 Å². The molecule has 4 aromatic rings. The Morgan fingerprint density at radius 2 is 1.47 bits per heavy atom. The maximum absolute atomic E-state index is 12.5. The minimum Gasteiger partial charge on any atom is -0.493 e. The molecule has 0 saturated carbocycles. The second-order valence-corrected chi connectivity index (χ2v) is 7.29. The van der Waals surface area contributed by atoms with Crippen LogP contribution >= 0.6 is 0 Å². The molecule has 0 fully saturated rings. The van der Waals surface area contributed by atoms with E-state index in [4.69, 9.17) is 0 Å². The van der Waals surface area contributed by atoms with E-state index in [1.807, 2.05) is 73.7 Å². The Morgan fingerprint density at radius 1 is 0.875 bits per heavy atom. The summed E-state index contributed by atoms with van der Waals surface area (Å²) in [5.74, 6) is -0.374. The number of hydrogen-bond acceptors (Lipinski definition) is 3. The molecule has 164 valence electrons. The van der Waals surface area contributed by atoms with Crippen LogP contribution in [0.15, 0.2) is 91.0 Å². The Bertz CT molecular complexity index is 1170. The second-order valence-electron chi connectivity index (χ2n) is 7.29. The minimum atomic E-state index is -4.77. The number of halogens is 3. The molecular formula is C25H21F3N2O2. The lowest BCUT2D eigenvalue weighted by Gasteiger charge is -2.15. The number of anilines is 1. The van der Waals surface area contributed by atoms with Crippen molar-refractivity contribution in [3.63, 3.8) is 0 Å². The SMILES string of the molecule is C[C@@H](Nc1cc(-c2ccccc2)n(-c2ccc(OC(F)(F)F)cc2)c1O)c1ccccc1. The largest absolute Gasteiger partial charge is 0.573 e. The van der Waals surface area contributed by atoms with Crippen LogP contribution in [0.4, 0.5) is 18.9 Å². The van der Waals surface area contributed by atoms with Gasteiger partial charge in [-0.05, 0) is 48.4 Å². The predicted molar refractivity (Wildman–Crippen MR) is 118 cm³/mol. The van der Waals surface area contributed by atoms with Gasteiger partial charge in [-0.2, -0.15) is 0 Å². The monoisotopic (exact) mass is 438 g/mol. The van der Waals surface area contributed by atoms with Crippen LogP contribution in [0.25, 0.3) is 16.9 Å². The van der Waals surface area contributed by atoms with E-state index in [1.54, 1.807) is 4.57 Å². The van der Waals surface area contributed by atoms with Gasteiger partial charge >= 0.3 is 6.36 Å². The highest BCUT2D eigenvalue weighted by Crippen LogP contribution is 2.39. The first-order valence-corrected chi connectivity index (χ1v) is 9.99. The van der Waals surface area contributed by atoms with E-state index in [1.165, 1.54) is 24.3 Å². The molecule has 7 heteroatoms. The minimum absolute atomic E-state index is 0.0453. The van der Waals surface area contributed by atoms with Crippen molar-refractivity contribution in [3.8, 4) is 28.6 Å². The van der Waals surface area contributed by atoms with E-state index in [0.29, 0.717) is 17.1 Å². The Hall–Kier alpha value is -3.87. The van der Waals surface area contributed by atoms with Crippen LogP contribution in [0, 0.1) is 0 Å². The Kier molecular flexibility index (Phi) is 5.81. The van der Waals surface area contributed by atoms with Gasteiger partial charge in [-0.25, -0.2) is 0 Å². The summed E-state index contributed by atoms with van der Waals surface area (Å²) in [6, 6.07) is 26.4. The van der Waals surface area contributed by atoms with Gasteiger partial charge in [0, 0.05) is 11.7 Å². The van der Waals surface area contributed by atoms with Gasteiger partial charge < -0.3 is 15.2 Å². The third-order valence-corrected chi connectivity index (χ3v) is 5.04. The van der Waals surface area contributed by atoms with E-state index in [9.17, 15) is 18.3 Å². The highest BCUT2D eigenvalue weighted by molar-refractivity contribution is 5.74. The zero-order chi connectivity index (χ0) is 22.7. The van der Waals surface area contributed by atoms with Crippen LogP contribution in [-0.2, 0) is 0 Å². The number of nitrogens with one attached hydrogen (secondary N) is 1. The molecule has 0 unspecified atom stereocenters. The van der Waals surface area contributed by atoms with Gasteiger partial charge in [0.15, 0.2) is 0 Å². The van der Waals surface area contributed by atoms with Gasteiger partial charge in [0.05, 0.1) is 11.4 Å². The third-order valence-electron chi connectivity index (χ3n) is 5.04. The molecule has 1 atom stereocenters. The van der Waals surface area contributed by atoms with Crippen molar-refractivity contribution in [2.45, 2.75) is 19.3 Å². The molecule has 3 aromatic carbocycles. The topological polar surface area (TPSA) is 46.4 Å². The fourth-order valence-corrected chi connectivity index (χ4v) is 3.54. The molecule has 0 amide bonds. The number of hydrogen-bond donors (Lipinski definition) is 2. The molecule has 0 saturated heterocycles. The molecule has 4 rings (SSSR count). The highest BCUT2D eigenvalue weighted by atomic mass is 19.4. The van der Waals surface area contributed by atoms with Gasteiger partial charge in [0.1, 0.15) is 5.75 Å². The molecule has 0 bridgehead atoms. The van der Waals surface area contributed by atoms with Crippen molar-refractivity contribution < 1.29 is 23.0 Å². The number of aromatic nitrogens is 1. The fourth-order valence-electron chi connectivity index (χ4n) is 3.54. The van der Waals surface area contributed by atoms with Gasteiger partial charge in [0.2, 0.25) is 5.88 Å². The number of aromatic hydroxyl groups is 1. The molecule has 32 heavy (non-hydrogen) atoms. The molecule has 0 aliphatic heterocycles. The molecule has 0 aliphatic rings. The number of ether oxygens (including phenoxy) is 1. The van der Waals surface area contributed by atoms with Crippen LogP contribution in [0.5, 0.6) is 11.6 Å². The molecular weight excluding hydrogens is 417 g/mol. The molecule has 0 aliphatic carbocycles. The number of rotatable bonds is 6. The van der Waals surface area contributed by atoms with Crippen molar-refractivity contribution in [3.05, 3.63) is 96.6 Å². The number of nitrogens with zero attached hydrogens (tertiary/aromatic N) is 1. The average Bonchev–Trinajstić information content (AvgIpc) is 3.10. The van der Waals surface area contributed by atoms with Crippen LogP contribution < -0.4 is 10.1 Å². The van der Waals surface area contributed by atoms with Crippen LogP contribution in [0.2, 0.25) is 0 Å². The smallest absolute Gasteiger partial charge is 0.493 e. The highest BCUT2D eigenvalue weighted by Gasteiger charge is 2.31. The van der Waals surface area contributed by atoms with E-state index in [2.05, 4.69) is 10.1 Å². The zero-order valence-corrected chi connectivity index (χ0v) is 17.2. The summed E-state index contributed by atoms with van der Waals surface area (Å²) >= 11 is 0. The quantitative estimate of drug-likeness (QED) is 0.343. The lowest BCUT2D eigenvalue weighted by molar-refractivity contribution is -0.274. The lowest BCUT2D eigenvalue weighted by Crippen LogP contribution is -2.17. The van der Waals surface area contributed by atoms with Crippen molar-refractivity contribution >= 4 is 5.69 Å². The first-order chi connectivity index (χ1) is 15.3. The fraction of sp³-hybridized carbons (Fsp3) is 0.120. The second kappa shape index (κ2) is 8.70. The maximum atomic E-state index is 12.5. The van der Waals surface area contributed by atoms with E-state index in [0.717, 1.165) is 11.1 Å². The molecule has 0 radical (unpaired) electrons. The number of benzene rings is 3. The molecule has 4 nitrogen and oxygen atoms in total. The third kappa shape index (κ3) is 4.72. The summed E-state index contributed by atoms with van der Waals surface area (Å²) < 4.78 is 43.1. The molecule has 1 heterocycles. The van der Waals surface area contributed by atoms with Crippen LogP contribution in [-0.4, -0.2) is 16.0 Å². The summed E-state index contributed by atoms with van der Waals surface area (Å²) in [4.78, 5) is 0. The summed E-state index contributed by atoms with van der Waals surface area (Å²) in [6.07, 6.45) is -4.77. The Morgan fingerprint density at radius 3 is 2.06 bits per heavy atom. The van der Waals surface area contributed by atoms with Gasteiger partial charge in [-0.1, -0.05) is 60.7 Å². The first-order valence-electron chi connectivity index (χ1n) is 9.99. The summed E-state index contributed by atoms with van der Waals surface area (Å²) in [6.45, 7) is 1.98. The first kappa shape index (κ1) is 21.4. The van der Waals surface area contributed by atoms with Gasteiger partial charge in [0.25, 0.3) is 0 Å².